The highest BCUT2D eigenvalue weighted by Crippen LogP contribution is 2.37. The van der Waals surface area contributed by atoms with Gasteiger partial charge in [-0.25, -0.2) is 0 Å². The summed E-state index contributed by atoms with van der Waals surface area (Å²) in [6, 6.07) is -2.41. The first kappa shape index (κ1) is 11.1. The average Bonchev–Trinajstić information content (AvgIpc) is 1.60. The van der Waals surface area contributed by atoms with Crippen molar-refractivity contribution in [3.63, 3.8) is 0 Å². The summed E-state index contributed by atoms with van der Waals surface area (Å²) in [7, 11) is 0. The second-order valence-electron chi connectivity index (χ2n) is 3.07. The monoisotopic (exact) mass is 218 g/mol. The molecule has 0 aromatic rings. The van der Waals surface area contributed by atoms with Crippen LogP contribution in [0.4, 0.5) is 0 Å². The van der Waals surface area contributed by atoms with Crippen molar-refractivity contribution in [2.24, 2.45) is 5.92 Å². The van der Waals surface area contributed by atoms with Gasteiger partial charge >= 0.3 is 6.00 Å². The molecule has 4 heteroatoms. The van der Waals surface area contributed by atoms with E-state index in [-0.39, 0.29) is 5.54 Å². The lowest BCUT2D eigenvalue weighted by Crippen LogP contribution is -2.18. The van der Waals surface area contributed by atoms with E-state index in [2.05, 4.69) is 13.8 Å². The van der Waals surface area contributed by atoms with Gasteiger partial charge in [-0.15, -0.1) is 33.2 Å². The molecule has 1 unspecified atom stereocenters. The molecule has 0 heterocycles. The maximum absolute atomic E-state index is 5.80. The SMILES string of the molecule is CC(C)CC(C)[Si](Cl)(Cl)Cl. The van der Waals surface area contributed by atoms with Crippen LogP contribution in [-0.4, -0.2) is 6.00 Å². The summed E-state index contributed by atoms with van der Waals surface area (Å²) < 4.78 is 0. The third kappa shape index (κ3) is 4.83. The highest BCUT2D eigenvalue weighted by Gasteiger charge is 2.33. The van der Waals surface area contributed by atoms with E-state index in [4.69, 9.17) is 33.2 Å². The van der Waals surface area contributed by atoms with Crippen molar-refractivity contribution in [2.45, 2.75) is 32.7 Å². The Hall–Kier alpha value is 1.09. The molecule has 10 heavy (non-hydrogen) atoms. The number of rotatable bonds is 3. The molecule has 0 nitrogen and oxygen atoms in total. The Morgan fingerprint density at radius 2 is 1.50 bits per heavy atom. The van der Waals surface area contributed by atoms with Gasteiger partial charge in [0, 0.05) is 0 Å². The summed E-state index contributed by atoms with van der Waals surface area (Å²) in [5, 5.41) is 0. The molecule has 0 aliphatic heterocycles. The van der Waals surface area contributed by atoms with Gasteiger partial charge in [-0.1, -0.05) is 20.8 Å². The zero-order valence-electron chi connectivity index (χ0n) is 6.50. The van der Waals surface area contributed by atoms with E-state index in [1.807, 2.05) is 6.92 Å². The summed E-state index contributed by atoms with van der Waals surface area (Å²) in [4.78, 5) is 0. The molecule has 0 saturated carbocycles. The molecule has 0 saturated heterocycles. The zero-order chi connectivity index (χ0) is 8.36. The summed E-state index contributed by atoms with van der Waals surface area (Å²) in [5.41, 5.74) is 0.275. The van der Waals surface area contributed by atoms with Crippen LogP contribution in [0.2, 0.25) is 5.54 Å². The fourth-order valence-corrected chi connectivity index (χ4v) is 2.38. The van der Waals surface area contributed by atoms with E-state index >= 15 is 0 Å². The van der Waals surface area contributed by atoms with Crippen LogP contribution in [0.25, 0.3) is 0 Å². The van der Waals surface area contributed by atoms with Crippen LogP contribution in [0.15, 0.2) is 0 Å². The quantitative estimate of drug-likeness (QED) is 0.496. The topological polar surface area (TPSA) is 0 Å². The molecule has 0 spiro atoms. The second-order valence-corrected chi connectivity index (χ2v) is 12.2. The van der Waals surface area contributed by atoms with Crippen molar-refractivity contribution >= 4 is 39.2 Å². The van der Waals surface area contributed by atoms with E-state index in [9.17, 15) is 0 Å². The van der Waals surface area contributed by atoms with Crippen molar-refractivity contribution in [2.75, 3.05) is 0 Å². The molecular formula is C6H13Cl3Si. The first-order chi connectivity index (χ1) is 4.34. The van der Waals surface area contributed by atoms with E-state index in [1.54, 1.807) is 0 Å². The molecule has 0 bridgehead atoms. The lowest BCUT2D eigenvalue weighted by molar-refractivity contribution is 0.573. The van der Waals surface area contributed by atoms with E-state index in [0.717, 1.165) is 6.42 Å². The minimum absolute atomic E-state index is 0.275. The van der Waals surface area contributed by atoms with Crippen LogP contribution in [0.1, 0.15) is 27.2 Å². The van der Waals surface area contributed by atoms with Crippen molar-refractivity contribution in [3.8, 4) is 0 Å². The van der Waals surface area contributed by atoms with E-state index in [0.29, 0.717) is 5.92 Å². The molecule has 62 valence electrons. The summed E-state index contributed by atoms with van der Waals surface area (Å²) >= 11 is 17.4. The summed E-state index contributed by atoms with van der Waals surface area (Å²) in [5.74, 6) is 0.623. The van der Waals surface area contributed by atoms with Crippen LogP contribution >= 0.6 is 33.2 Å². The van der Waals surface area contributed by atoms with Gasteiger partial charge in [0.1, 0.15) is 0 Å². The Kier molecular flexibility index (Phi) is 4.65. The molecule has 0 aromatic heterocycles. The Bertz CT molecular complexity index is 97.7. The van der Waals surface area contributed by atoms with E-state index in [1.165, 1.54) is 0 Å². The summed E-state index contributed by atoms with van der Waals surface area (Å²) in [6.45, 7) is 6.29. The van der Waals surface area contributed by atoms with Gasteiger partial charge in [0.2, 0.25) is 0 Å². The van der Waals surface area contributed by atoms with Gasteiger partial charge in [-0.3, -0.25) is 0 Å². The highest BCUT2D eigenvalue weighted by molar-refractivity contribution is 7.65. The normalized spacial score (nSPS) is 15.9. The smallest absolute Gasteiger partial charge is 0.126 e. The van der Waals surface area contributed by atoms with Crippen molar-refractivity contribution < 1.29 is 0 Å². The highest BCUT2D eigenvalue weighted by atomic mass is 35.8. The molecule has 0 radical (unpaired) electrons. The molecule has 1 atom stereocenters. The van der Waals surface area contributed by atoms with Gasteiger partial charge in [-0.05, 0) is 17.9 Å². The van der Waals surface area contributed by atoms with Crippen molar-refractivity contribution in [1.29, 1.82) is 0 Å². The van der Waals surface area contributed by atoms with Crippen LogP contribution in [0, 0.1) is 5.92 Å². The molecule has 0 rings (SSSR count). The molecule has 0 amide bonds. The lowest BCUT2D eigenvalue weighted by Gasteiger charge is -2.18. The van der Waals surface area contributed by atoms with Crippen LogP contribution in [0.5, 0.6) is 0 Å². The molecule has 0 aromatic carbocycles. The molecule has 0 fully saturated rings. The molecule has 0 aliphatic carbocycles. The fraction of sp³-hybridized carbons (Fsp3) is 1.00. The Morgan fingerprint density at radius 1 is 1.10 bits per heavy atom. The van der Waals surface area contributed by atoms with Crippen LogP contribution in [-0.2, 0) is 0 Å². The maximum Gasteiger partial charge on any atom is 0.344 e. The second kappa shape index (κ2) is 4.20. The minimum Gasteiger partial charge on any atom is -0.126 e. The fourth-order valence-electron chi connectivity index (χ4n) is 0.841. The molecule has 0 aliphatic rings. The largest absolute Gasteiger partial charge is 0.344 e. The van der Waals surface area contributed by atoms with Gasteiger partial charge in [-0.2, -0.15) is 0 Å². The molecular weight excluding hydrogens is 207 g/mol. The average molecular weight is 220 g/mol. The standard InChI is InChI=1S/C6H13Cl3Si/c1-5(2)4-6(3)10(7,8)9/h5-6H,4H2,1-3H3. The first-order valence-corrected chi connectivity index (χ1v) is 8.52. The number of hydrogen-bond acceptors (Lipinski definition) is 0. The van der Waals surface area contributed by atoms with Crippen LogP contribution < -0.4 is 0 Å². The predicted octanol–water partition coefficient (Wildman–Crippen LogP) is 4.08. The third-order valence-corrected chi connectivity index (χ3v) is 6.09. The minimum atomic E-state index is -2.41. The molecule has 0 N–H and O–H groups in total. The summed E-state index contributed by atoms with van der Waals surface area (Å²) in [6.07, 6.45) is 1.02. The Balaban J connectivity index is 3.73. The van der Waals surface area contributed by atoms with E-state index < -0.39 is 6.00 Å². The van der Waals surface area contributed by atoms with Gasteiger partial charge < -0.3 is 0 Å². The third-order valence-electron chi connectivity index (χ3n) is 1.38. The Labute approximate surface area is 78.0 Å². The van der Waals surface area contributed by atoms with Crippen molar-refractivity contribution in [3.05, 3.63) is 0 Å². The lowest BCUT2D eigenvalue weighted by atomic mass is 10.1. The number of halogens is 3. The zero-order valence-corrected chi connectivity index (χ0v) is 9.76. The number of hydrogen-bond donors (Lipinski definition) is 0. The van der Waals surface area contributed by atoms with Crippen molar-refractivity contribution in [1.82, 2.24) is 0 Å². The predicted molar refractivity (Wildman–Crippen MR) is 52.2 cm³/mol. The maximum atomic E-state index is 5.80. The van der Waals surface area contributed by atoms with Gasteiger partial charge in [0.05, 0.1) is 0 Å². The van der Waals surface area contributed by atoms with Gasteiger partial charge in [0.15, 0.2) is 0 Å². The Morgan fingerprint density at radius 3 is 1.60 bits per heavy atom. The van der Waals surface area contributed by atoms with Crippen LogP contribution in [0.3, 0.4) is 0 Å². The first-order valence-electron chi connectivity index (χ1n) is 3.40. The van der Waals surface area contributed by atoms with Gasteiger partial charge in [0.25, 0.3) is 0 Å².